The average molecular weight is 354 g/mol. The Kier molecular flexibility index (Phi) is 3.68. The van der Waals surface area contributed by atoms with E-state index in [1.54, 1.807) is 0 Å². The summed E-state index contributed by atoms with van der Waals surface area (Å²) in [5.41, 5.74) is 6.03. The van der Waals surface area contributed by atoms with E-state index < -0.39 is 0 Å². The van der Waals surface area contributed by atoms with Gasteiger partial charge in [-0.25, -0.2) is 4.99 Å². The highest BCUT2D eigenvalue weighted by Gasteiger charge is 2.33. The first-order valence-corrected chi connectivity index (χ1v) is 9.60. The second kappa shape index (κ2) is 6.19. The highest BCUT2D eigenvalue weighted by Crippen LogP contribution is 2.49. The number of rotatable bonds is 2. The molecule has 3 heteroatoms. The van der Waals surface area contributed by atoms with Crippen LogP contribution in [0.15, 0.2) is 99.4 Å². The van der Waals surface area contributed by atoms with Crippen LogP contribution < -0.4 is 5.32 Å². The summed E-state index contributed by atoms with van der Waals surface area (Å²) < 4.78 is 0. The molecule has 5 rings (SSSR count). The third-order valence-corrected chi connectivity index (χ3v) is 6.24. The van der Waals surface area contributed by atoms with Gasteiger partial charge in [0.05, 0.1) is 11.7 Å². The molecule has 0 saturated carbocycles. The van der Waals surface area contributed by atoms with Gasteiger partial charge in [-0.3, -0.25) is 0 Å². The molecule has 0 bridgehead atoms. The molecule has 2 aliphatic heterocycles. The molecule has 126 valence electrons. The van der Waals surface area contributed by atoms with Crippen LogP contribution in [0.1, 0.15) is 24.1 Å². The van der Waals surface area contributed by atoms with Crippen LogP contribution in [0.2, 0.25) is 0 Å². The molecule has 2 nitrogen and oxygen atoms in total. The molecule has 2 heterocycles. The summed E-state index contributed by atoms with van der Waals surface area (Å²) in [7, 11) is 0. The third kappa shape index (κ3) is 2.56. The molecule has 2 aliphatic rings. The molecular formula is C23H18N2S. The molecule has 0 fully saturated rings. The first-order chi connectivity index (χ1) is 12.8. The molecule has 26 heavy (non-hydrogen) atoms. The maximum Gasteiger partial charge on any atom is 0.134 e. The van der Waals surface area contributed by atoms with Gasteiger partial charge < -0.3 is 5.32 Å². The van der Waals surface area contributed by atoms with Crippen molar-refractivity contribution in [2.24, 2.45) is 4.99 Å². The topological polar surface area (TPSA) is 24.4 Å². The molecule has 0 aliphatic carbocycles. The van der Waals surface area contributed by atoms with Crippen LogP contribution in [0, 0.1) is 0 Å². The molecule has 0 saturated heterocycles. The summed E-state index contributed by atoms with van der Waals surface area (Å²) in [6.45, 7) is 2.11. The fourth-order valence-corrected chi connectivity index (χ4v) is 4.73. The predicted octanol–water partition coefficient (Wildman–Crippen LogP) is 5.78. The van der Waals surface area contributed by atoms with E-state index in [1.807, 2.05) is 17.8 Å². The van der Waals surface area contributed by atoms with Crippen molar-refractivity contribution in [2.45, 2.75) is 17.9 Å². The Balaban J connectivity index is 1.48. The SMILES string of the molecule is CC1=C2Sc3ccccc3C2NC(c2ccc(-c3ccccc3)cc2)=N1. The average Bonchev–Trinajstić information content (AvgIpc) is 3.08. The van der Waals surface area contributed by atoms with Crippen LogP contribution in [0.3, 0.4) is 0 Å². The van der Waals surface area contributed by atoms with E-state index >= 15 is 0 Å². The zero-order chi connectivity index (χ0) is 17.5. The Bertz CT molecular complexity index is 1030. The van der Waals surface area contributed by atoms with E-state index in [2.05, 4.69) is 85.0 Å². The third-order valence-electron chi connectivity index (χ3n) is 4.89. The van der Waals surface area contributed by atoms with Gasteiger partial charge in [0.2, 0.25) is 0 Å². The maximum atomic E-state index is 4.84. The normalized spacial score (nSPS) is 18.0. The maximum absolute atomic E-state index is 4.84. The molecule has 0 spiro atoms. The van der Waals surface area contributed by atoms with Crippen molar-refractivity contribution < 1.29 is 0 Å². The Morgan fingerprint density at radius 3 is 2.23 bits per heavy atom. The number of fused-ring (bicyclic) bond motifs is 3. The lowest BCUT2D eigenvalue weighted by molar-refractivity contribution is 0.751. The predicted molar refractivity (Wildman–Crippen MR) is 109 cm³/mol. The second-order valence-corrected chi connectivity index (χ2v) is 7.65. The standard InChI is InChI=1S/C23H18N2S/c1-15-22-21(19-9-5-6-10-20(19)26-22)25-23(24-15)18-13-11-17(12-14-18)16-7-3-2-4-8-16/h2-14,21H,1H3,(H,24,25). The van der Waals surface area contributed by atoms with Crippen LogP contribution in [-0.4, -0.2) is 5.84 Å². The number of benzene rings is 3. The number of thioether (sulfide) groups is 1. The lowest BCUT2D eigenvalue weighted by atomic mass is 10.0. The van der Waals surface area contributed by atoms with Crippen molar-refractivity contribution in [1.29, 1.82) is 0 Å². The van der Waals surface area contributed by atoms with Gasteiger partial charge in [0.1, 0.15) is 5.84 Å². The summed E-state index contributed by atoms with van der Waals surface area (Å²) in [6.07, 6.45) is 0. The van der Waals surface area contributed by atoms with Gasteiger partial charge in [-0.2, -0.15) is 0 Å². The summed E-state index contributed by atoms with van der Waals surface area (Å²) in [5, 5.41) is 3.65. The van der Waals surface area contributed by atoms with Gasteiger partial charge in [0, 0.05) is 15.4 Å². The highest BCUT2D eigenvalue weighted by atomic mass is 32.2. The van der Waals surface area contributed by atoms with Gasteiger partial charge in [-0.1, -0.05) is 84.6 Å². The van der Waals surface area contributed by atoms with E-state index in [1.165, 1.54) is 26.5 Å². The molecule has 1 N–H and O–H groups in total. The molecule has 1 atom stereocenters. The molecule has 0 amide bonds. The largest absolute Gasteiger partial charge is 0.358 e. The Morgan fingerprint density at radius 1 is 0.769 bits per heavy atom. The smallest absolute Gasteiger partial charge is 0.134 e. The van der Waals surface area contributed by atoms with Crippen molar-refractivity contribution in [1.82, 2.24) is 5.32 Å². The first kappa shape index (κ1) is 15.5. The van der Waals surface area contributed by atoms with Crippen molar-refractivity contribution in [3.8, 4) is 11.1 Å². The second-order valence-electron chi connectivity index (χ2n) is 6.57. The minimum absolute atomic E-state index is 0.220. The quantitative estimate of drug-likeness (QED) is 0.630. The number of nitrogens with one attached hydrogen (secondary N) is 1. The van der Waals surface area contributed by atoms with Crippen LogP contribution in [0.25, 0.3) is 11.1 Å². The van der Waals surface area contributed by atoms with E-state index in [4.69, 9.17) is 4.99 Å². The summed E-state index contributed by atoms with van der Waals surface area (Å²) in [5.74, 6) is 0.952. The van der Waals surface area contributed by atoms with Gasteiger partial charge in [0.25, 0.3) is 0 Å². The lowest BCUT2D eigenvalue weighted by Gasteiger charge is -2.24. The Morgan fingerprint density at radius 2 is 1.42 bits per heavy atom. The van der Waals surface area contributed by atoms with Gasteiger partial charge in [-0.15, -0.1) is 0 Å². The van der Waals surface area contributed by atoms with Crippen molar-refractivity contribution in [3.05, 3.63) is 101 Å². The molecular weight excluding hydrogens is 336 g/mol. The van der Waals surface area contributed by atoms with Crippen LogP contribution in [0.4, 0.5) is 0 Å². The van der Waals surface area contributed by atoms with Crippen molar-refractivity contribution >= 4 is 17.6 Å². The molecule has 3 aromatic rings. The van der Waals surface area contributed by atoms with Gasteiger partial charge >= 0.3 is 0 Å². The molecule has 0 radical (unpaired) electrons. The number of aliphatic imine (C=N–C) groups is 1. The number of nitrogens with zero attached hydrogens (tertiary/aromatic N) is 1. The monoisotopic (exact) mass is 354 g/mol. The number of amidine groups is 1. The van der Waals surface area contributed by atoms with Crippen molar-refractivity contribution in [3.63, 3.8) is 0 Å². The van der Waals surface area contributed by atoms with E-state index in [9.17, 15) is 0 Å². The summed E-state index contributed by atoms with van der Waals surface area (Å²) >= 11 is 1.84. The Labute approximate surface area is 157 Å². The number of allylic oxidation sites excluding steroid dienone is 1. The van der Waals surface area contributed by atoms with Crippen molar-refractivity contribution in [2.75, 3.05) is 0 Å². The highest BCUT2D eigenvalue weighted by molar-refractivity contribution is 8.03. The van der Waals surface area contributed by atoms with Crippen LogP contribution in [-0.2, 0) is 0 Å². The zero-order valence-electron chi connectivity index (χ0n) is 14.4. The molecule has 0 aromatic heterocycles. The fraction of sp³-hybridized carbons (Fsp3) is 0.0870. The van der Waals surface area contributed by atoms with Crippen LogP contribution in [0.5, 0.6) is 0 Å². The fourth-order valence-electron chi connectivity index (χ4n) is 3.55. The van der Waals surface area contributed by atoms with E-state index in [-0.39, 0.29) is 6.04 Å². The zero-order valence-corrected chi connectivity index (χ0v) is 15.3. The van der Waals surface area contributed by atoms with Gasteiger partial charge in [-0.05, 0) is 29.7 Å². The number of hydrogen-bond donors (Lipinski definition) is 1. The van der Waals surface area contributed by atoms with Crippen LogP contribution >= 0.6 is 11.8 Å². The van der Waals surface area contributed by atoms with E-state index in [0.717, 1.165) is 17.1 Å². The van der Waals surface area contributed by atoms with E-state index in [0.29, 0.717) is 0 Å². The first-order valence-electron chi connectivity index (χ1n) is 8.78. The Hall–Kier alpha value is -2.78. The number of hydrogen-bond acceptors (Lipinski definition) is 3. The summed E-state index contributed by atoms with van der Waals surface area (Å²) in [6, 6.07) is 27.9. The minimum Gasteiger partial charge on any atom is -0.358 e. The molecule has 1 unspecified atom stereocenters. The minimum atomic E-state index is 0.220. The van der Waals surface area contributed by atoms with Gasteiger partial charge in [0.15, 0.2) is 0 Å². The lowest BCUT2D eigenvalue weighted by Crippen LogP contribution is -2.31. The molecule has 3 aromatic carbocycles. The summed E-state index contributed by atoms with van der Waals surface area (Å²) in [4.78, 5) is 7.49.